The molecule has 1 aliphatic heterocycles. The number of hydrogen-bond acceptors (Lipinski definition) is 2. The summed E-state index contributed by atoms with van der Waals surface area (Å²) in [6.07, 6.45) is 2.49. The minimum absolute atomic E-state index is 0.265. The van der Waals surface area contributed by atoms with Gasteiger partial charge >= 0.3 is 0 Å². The number of benzene rings is 1. The molecule has 19 heavy (non-hydrogen) atoms. The molecule has 1 unspecified atom stereocenters. The van der Waals surface area contributed by atoms with Crippen LogP contribution in [0, 0.1) is 3.57 Å². The Kier molecular flexibility index (Phi) is 5.72. The number of nitrogens with one attached hydrogen (secondary N) is 1. The second-order valence-electron chi connectivity index (χ2n) is 4.47. The molecule has 1 fully saturated rings. The molecule has 1 aromatic rings. The number of guanidine groups is 1. The summed E-state index contributed by atoms with van der Waals surface area (Å²) in [6.45, 7) is 2.11. The minimum atomic E-state index is 0.265. The van der Waals surface area contributed by atoms with Crippen molar-refractivity contribution in [3.8, 4) is 0 Å². The van der Waals surface area contributed by atoms with Gasteiger partial charge in [0.15, 0.2) is 5.96 Å². The topological polar surface area (TPSA) is 59.6 Å². The number of nitrogens with two attached hydrogens (primary N) is 1. The lowest BCUT2D eigenvalue weighted by atomic mass is 10.2. The number of ether oxygens (including phenoxy) is 1. The van der Waals surface area contributed by atoms with Gasteiger partial charge in [0.2, 0.25) is 0 Å². The summed E-state index contributed by atoms with van der Waals surface area (Å²) in [5, 5.41) is 3.84. The van der Waals surface area contributed by atoms with Crippen molar-refractivity contribution in [2.75, 3.05) is 13.2 Å². The van der Waals surface area contributed by atoms with E-state index in [1.54, 1.807) is 0 Å². The molecule has 104 valence electrons. The molecule has 2 rings (SSSR count). The monoisotopic (exact) mass is 393 g/mol. The molecule has 3 N–H and O–H groups in total. The van der Waals surface area contributed by atoms with Gasteiger partial charge < -0.3 is 15.8 Å². The highest BCUT2D eigenvalue weighted by Gasteiger charge is 2.14. The maximum atomic E-state index is 6.06. The standard InChI is InChI=1S/C13H17ClIN3O/c14-11-6-9(3-4-12(11)15)7-17-13(16)18-8-10-2-1-5-19-10/h3-4,6,10H,1-2,5,7-8H2,(H3,16,17,18). The van der Waals surface area contributed by atoms with Crippen LogP contribution in [0.25, 0.3) is 0 Å². The molecule has 0 aliphatic carbocycles. The van der Waals surface area contributed by atoms with E-state index in [-0.39, 0.29) is 6.10 Å². The average molecular weight is 394 g/mol. The highest BCUT2D eigenvalue weighted by Crippen LogP contribution is 2.19. The van der Waals surface area contributed by atoms with E-state index in [4.69, 9.17) is 22.1 Å². The molecular weight excluding hydrogens is 377 g/mol. The predicted octanol–water partition coefficient (Wildman–Crippen LogP) is 2.53. The zero-order chi connectivity index (χ0) is 13.7. The second kappa shape index (κ2) is 7.31. The van der Waals surface area contributed by atoms with Crippen LogP contribution in [0.15, 0.2) is 23.2 Å². The van der Waals surface area contributed by atoms with E-state index in [9.17, 15) is 0 Å². The van der Waals surface area contributed by atoms with Gasteiger partial charge in [-0.15, -0.1) is 0 Å². The van der Waals surface area contributed by atoms with Gasteiger partial charge in [0, 0.05) is 16.7 Å². The number of halogens is 2. The molecule has 1 aliphatic rings. The summed E-state index contributed by atoms with van der Waals surface area (Å²) in [6, 6.07) is 5.90. The van der Waals surface area contributed by atoms with Gasteiger partial charge in [-0.3, -0.25) is 0 Å². The molecule has 0 amide bonds. The molecule has 4 nitrogen and oxygen atoms in total. The zero-order valence-corrected chi connectivity index (χ0v) is 13.4. The van der Waals surface area contributed by atoms with Gasteiger partial charge in [-0.25, -0.2) is 4.99 Å². The highest BCUT2D eigenvalue weighted by atomic mass is 127. The summed E-state index contributed by atoms with van der Waals surface area (Å²) < 4.78 is 6.54. The summed E-state index contributed by atoms with van der Waals surface area (Å²) >= 11 is 8.26. The molecule has 0 bridgehead atoms. The number of aliphatic imine (C=N–C) groups is 1. The lowest BCUT2D eigenvalue weighted by Crippen LogP contribution is -2.37. The van der Waals surface area contributed by atoms with E-state index in [2.05, 4.69) is 32.9 Å². The van der Waals surface area contributed by atoms with Crippen LogP contribution in [0.3, 0.4) is 0 Å². The second-order valence-corrected chi connectivity index (χ2v) is 6.04. The van der Waals surface area contributed by atoms with Gasteiger partial charge in [-0.2, -0.15) is 0 Å². The molecule has 6 heteroatoms. The Hall–Kier alpha value is -0.530. The van der Waals surface area contributed by atoms with Gasteiger partial charge in [-0.1, -0.05) is 17.7 Å². The number of rotatable bonds is 4. The molecule has 1 atom stereocenters. The molecule has 1 saturated heterocycles. The van der Waals surface area contributed by atoms with Crippen molar-refractivity contribution >= 4 is 40.2 Å². The molecule has 0 saturated carbocycles. The van der Waals surface area contributed by atoms with Gasteiger partial charge in [0.1, 0.15) is 0 Å². The fraction of sp³-hybridized carbons (Fsp3) is 0.462. The van der Waals surface area contributed by atoms with Crippen LogP contribution < -0.4 is 11.1 Å². The largest absolute Gasteiger partial charge is 0.376 e. The molecule has 0 radical (unpaired) electrons. The lowest BCUT2D eigenvalue weighted by Gasteiger charge is -2.11. The summed E-state index contributed by atoms with van der Waals surface area (Å²) in [4.78, 5) is 4.29. The van der Waals surface area contributed by atoms with Gasteiger partial charge in [-0.05, 0) is 53.1 Å². The van der Waals surface area contributed by atoms with Crippen molar-refractivity contribution in [1.82, 2.24) is 5.32 Å². The smallest absolute Gasteiger partial charge is 0.189 e. The zero-order valence-electron chi connectivity index (χ0n) is 10.5. The Morgan fingerprint density at radius 1 is 1.58 bits per heavy atom. The van der Waals surface area contributed by atoms with Crippen LogP contribution in [-0.4, -0.2) is 25.2 Å². The molecule has 1 heterocycles. The van der Waals surface area contributed by atoms with Crippen LogP contribution in [0.1, 0.15) is 18.4 Å². The summed E-state index contributed by atoms with van der Waals surface area (Å²) in [5.41, 5.74) is 6.86. The van der Waals surface area contributed by atoms with E-state index in [0.29, 0.717) is 12.5 Å². The Morgan fingerprint density at radius 2 is 2.42 bits per heavy atom. The van der Waals surface area contributed by atoms with E-state index >= 15 is 0 Å². The maximum Gasteiger partial charge on any atom is 0.189 e. The third-order valence-electron chi connectivity index (χ3n) is 2.95. The first-order valence-corrected chi connectivity index (χ1v) is 7.70. The Balaban J connectivity index is 1.81. The van der Waals surface area contributed by atoms with Crippen molar-refractivity contribution in [3.05, 3.63) is 32.4 Å². The third kappa shape index (κ3) is 4.81. The fourth-order valence-electron chi connectivity index (χ4n) is 1.89. The molecule has 1 aromatic carbocycles. The number of hydrogen-bond donors (Lipinski definition) is 2. The van der Waals surface area contributed by atoms with E-state index in [1.165, 1.54) is 0 Å². The van der Waals surface area contributed by atoms with Crippen molar-refractivity contribution in [1.29, 1.82) is 0 Å². The highest BCUT2D eigenvalue weighted by molar-refractivity contribution is 14.1. The van der Waals surface area contributed by atoms with Crippen molar-refractivity contribution in [3.63, 3.8) is 0 Å². The first kappa shape index (κ1) is 14.9. The van der Waals surface area contributed by atoms with Crippen LogP contribution in [-0.2, 0) is 11.3 Å². The fourth-order valence-corrected chi connectivity index (χ4v) is 2.43. The third-order valence-corrected chi connectivity index (χ3v) is 4.52. The minimum Gasteiger partial charge on any atom is -0.376 e. The Labute approximate surface area is 131 Å². The first-order chi connectivity index (χ1) is 9.15. The predicted molar refractivity (Wildman–Crippen MR) is 86.5 cm³/mol. The number of nitrogens with zero attached hydrogens (tertiary/aromatic N) is 1. The normalized spacial score (nSPS) is 19.7. The Morgan fingerprint density at radius 3 is 3.11 bits per heavy atom. The van der Waals surface area contributed by atoms with Crippen molar-refractivity contribution in [2.24, 2.45) is 10.7 Å². The lowest BCUT2D eigenvalue weighted by molar-refractivity contribution is 0.114. The van der Waals surface area contributed by atoms with E-state index in [0.717, 1.165) is 40.1 Å². The van der Waals surface area contributed by atoms with Gasteiger partial charge in [0.25, 0.3) is 0 Å². The SMILES string of the molecule is NC(=NCc1ccc(I)c(Cl)c1)NCC1CCCO1. The van der Waals surface area contributed by atoms with Crippen molar-refractivity contribution < 1.29 is 4.74 Å². The molecular formula is C13H17ClIN3O. The maximum absolute atomic E-state index is 6.06. The van der Waals surface area contributed by atoms with Crippen LogP contribution in [0.2, 0.25) is 5.02 Å². The average Bonchev–Trinajstić information content (AvgIpc) is 2.91. The first-order valence-electron chi connectivity index (χ1n) is 6.24. The van der Waals surface area contributed by atoms with Gasteiger partial charge in [0.05, 0.1) is 17.7 Å². The quantitative estimate of drug-likeness (QED) is 0.469. The summed E-state index contributed by atoms with van der Waals surface area (Å²) in [7, 11) is 0. The van der Waals surface area contributed by atoms with Crippen LogP contribution >= 0.6 is 34.2 Å². The van der Waals surface area contributed by atoms with E-state index < -0.39 is 0 Å². The van der Waals surface area contributed by atoms with Crippen molar-refractivity contribution in [2.45, 2.75) is 25.5 Å². The van der Waals surface area contributed by atoms with Crippen LogP contribution in [0.5, 0.6) is 0 Å². The molecule has 0 aromatic heterocycles. The Bertz CT molecular complexity index is 461. The molecule has 0 spiro atoms. The summed E-state index contributed by atoms with van der Waals surface area (Å²) in [5.74, 6) is 0.449. The van der Waals surface area contributed by atoms with Crippen LogP contribution in [0.4, 0.5) is 0 Å². The van der Waals surface area contributed by atoms with E-state index in [1.807, 2.05) is 18.2 Å².